The monoisotopic (exact) mass is 316 g/mol. The van der Waals surface area contributed by atoms with E-state index in [1.54, 1.807) is 24.5 Å². The first-order valence-corrected chi connectivity index (χ1v) is 7.64. The van der Waals surface area contributed by atoms with Crippen molar-refractivity contribution >= 4 is 16.7 Å². The van der Waals surface area contributed by atoms with Crippen LogP contribution in [0.5, 0.6) is 5.75 Å². The van der Waals surface area contributed by atoms with Crippen LogP contribution in [-0.2, 0) is 0 Å². The summed E-state index contributed by atoms with van der Waals surface area (Å²) >= 11 is 0. The van der Waals surface area contributed by atoms with Crippen molar-refractivity contribution in [2.24, 2.45) is 0 Å². The number of nitriles is 1. The molecule has 0 fully saturated rings. The number of carbonyl (C=O) groups is 1. The maximum absolute atomic E-state index is 12.7. The average Bonchev–Trinajstić information content (AvgIpc) is 2.62. The first-order chi connectivity index (χ1) is 11.7. The SMILES string of the molecule is CC(NC(=O)c1cccc2cccc(OC#N)c12)c1ccccc1. The minimum atomic E-state index is -0.203. The van der Waals surface area contributed by atoms with Crippen LogP contribution in [0.1, 0.15) is 28.9 Å². The minimum Gasteiger partial charge on any atom is -0.387 e. The highest BCUT2D eigenvalue weighted by atomic mass is 16.5. The zero-order valence-electron chi connectivity index (χ0n) is 13.2. The Hall–Kier alpha value is -3.32. The van der Waals surface area contributed by atoms with Gasteiger partial charge in [-0.1, -0.05) is 54.6 Å². The quantitative estimate of drug-likeness (QED) is 0.734. The summed E-state index contributed by atoms with van der Waals surface area (Å²) in [6, 6.07) is 20.4. The van der Waals surface area contributed by atoms with Crippen LogP contribution < -0.4 is 10.1 Å². The second-order valence-corrected chi connectivity index (χ2v) is 5.46. The summed E-state index contributed by atoms with van der Waals surface area (Å²) in [5.41, 5.74) is 1.51. The lowest BCUT2D eigenvalue weighted by Crippen LogP contribution is -2.26. The Balaban J connectivity index is 1.97. The molecule has 0 saturated carbocycles. The summed E-state index contributed by atoms with van der Waals surface area (Å²) in [6.45, 7) is 1.94. The summed E-state index contributed by atoms with van der Waals surface area (Å²) in [7, 11) is 0. The number of amides is 1. The maximum Gasteiger partial charge on any atom is 0.292 e. The van der Waals surface area contributed by atoms with Crippen molar-refractivity contribution in [3.63, 3.8) is 0 Å². The van der Waals surface area contributed by atoms with Gasteiger partial charge in [-0.2, -0.15) is 0 Å². The number of rotatable bonds is 4. The first-order valence-electron chi connectivity index (χ1n) is 7.64. The number of nitrogens with zero attached hydrogens (tertiary/aromatic N) is 1. The Bertz CT molecular complexity index is 909. The highest BCUT2D eigenvalue weighted by Crippen LogP contribution is 2.29. The fourth-order valence-corrected chi connectivity index (χ4v) is 2.73. The van der Waals surface area contributed by atoms with Crippen molar-refractivity contribution in [1.82, 2.24) is 5.32 Å². The van der Waals surface area contributed by atoms with Gasteiger partial charge in [-0.05, 0) is 30.0 Å². The zero-order chi connectivity index (χ0) is 16.9. The van der Waals surface area contributed by atoms with Crippen LogP contribution in [0.3, 0.4) is 0 Å². The van der Waals surface area contributed by atoms with E-state index in [0.717, 1.165) is 10.9 Å². The highest BCUT2D eigenvalue weighted by molar-refractivity contribution is 6.09. The van der Waals surface area contributed by atoms with E-state index in [0.29, 0.717) is 16.7 Å². The molecule has 0 aromatic heterocycles. The topological polar surface area (TPSA) is 62.1 Å². The Morgan fingerprint density at radius 2 is 1.75 bits per heavy atom. The molecule has 3 rings (SSSR count). The van der Waals surface area contributed by atoms with Crippen LogP contribution in [0, 0.1) is 11.5 Å². The van der Waals surface area contributed by atoms with Crippen LogP contribution in [-0.4, -0.2) is 5.91 Å². The van der Waals surface area contributed by atoms with Gasteiger partial charge in [0.1, 0.15) is 0 Å². The van der Waals surface area contributed by atoms with E-state index < -0.39 is 0 Å². The molecule has 4 nitrogen and oxygen atoms in total. The molecular formula is C20H16N2O2. The van der Waals surface area contributed by atoms with Gasteiger partial charge in [-0.15, -0.1) is 5.26 Å². The molecule has 0 bridgehead atoms. The lowest BCUT2D eigenvalue weighted by atomic mass is 10.0. The fraction of sp³-hybridized carbons (Fsp3) is 0.100. The van der Waals surface area contributed by atoms with Crippen molar-refractivity contribution in [3.8, 4) is 12.0 Å². The summed E-state index contributed by atoms with van der Waals surface area (Å²) in [4.78, 5) is 12.7. The number of carbonyl (C=O) groups excluding carboxylic acids is 1. The van der Waals surface area contributed by atoms with Crippen molar-refractivity contribution in [2.45, 2.75) is 13.0 Å². The van der Waals surface area contributed by atoms with Crippen LogP contribution in [0.4, 0.5) is 0 Å². The van der Waals surface area contributed by atoms with Gasteiger partial charge in [0.15, 0.2) is 5.75 Å². The lowest BCUT2D eigenvalue weighted by molar-refractivity contribution is 0.0941. The van der Waals surface area contributed by atoms with Crippen molar-refractivity contribution in [2.75, 3.05) is 0 Å². The summed E-state index contributed by atoms with van der Waals surface area (Å²) in [5.74, 6) is 0.180. The van der Waals surface area contributed by atoms with E-state index in [9.17, 15) is 4.79 Å². The molecule has 0 heterocycles. The molecule has 118 valence electrons. The molecule has 0 aliphatic heterocycles. The van der Waals surface area contributed by atoms with Gasteiger partial charge in [-0.25, -0.2) is 0 Å². The minimum absolute atomic E-state index is 0.127. The zero-order valence-corrected chi connectivity index (χ0v) is 13.2. The molecule has 0 aliphatic rings. The third kappa shape index (κ3) is 3.06. The number of fused-ring (bicyclic) bond motifs is 1. The average molecular weight is 316 g/mol. The first kappa shape index (κ1) is 15.6. The number of nitrogens with one attached hydrogen (secondary N) is 1. The van der Waals surface area contributed by atoms with E-state index >= 15 is 0 Å². The molecule has 4 heteroatoms. The standard InChI is InChI=1S/C20H16N2O2/c1-14(15-7-3-2-4-8-15)22-20(23)17-11-5-9-16-10-6-12-18(19(16)17)24-13-21/h2-12,14H,1H3,(H,22,23). The van der Waals surface area contributed by atoms with Gasteiger partial charge in [0, 0.05) is 5.39 Å². The molecule has 0 saturated heterocycles. The second-order valence-electron chi connectivity index (χ2n) is 5.46. The van der Waals surface area contributed by atoms with E-state index in [-0.39, 0.29) is 11.9 Å². The largest absolute Gasteiger partial charge is 0.387 e. The molecule has 3 aromatic carbocycles. The molecule has 0 aliphatic carbocycles. The van der Waals surface area contributed by atoms with Crippen LogP contribution >= 0.6 is 0 Å². The molecule has 1 atom stereocenters. The third-order valence-electron chi connectivity index (χ3n) is 3.91. The molecule has 0 spiro atoms. The number of hydrogen-bond donors (Lipinski definition) is 1. The molecule has 24 heavy (non-hydrogen) atoms. The number of hydrogen-bond acceptors (Lipinski definition) is 3. The van der Waals surface area contributed by atoms with Gasteiger partial charge in [0.2, 0.25) is 0 Å². The Kier molecular flexibility index (Phi) is 4.44. The summed E-state index contributed by atoms with van der Waals surface area (Å²) < 4.78 is 5.03. The lowest BCUT2D eigenvalue weighted by Gasteiger charge is -2.16. The van der Waals surface area contributed by atoms with Gasteiger partial charge >= 0.3 is 0 Å². The number of ether oxygens (including phenoxy) is 1. The fourth-order valence-electron chi connectivity index (χ4n) is 2.73. The highest BCUT2D eigenvalue weighted by Gasteiger charge is 2.16. The predicted molar refractivity (Wildman–Crippen MR) is 92.5 cm³/mol. The molecular weight excluding hydrogens is 300 g/mol. The molecule has 1 amide bonds. The predicted octanol–water partition coefficient (Wildman–Crippen LogP) is 4.19. The smallest absolute Gasteiger partial charge is 0.292 e. The van der Waals surface area contributed by atoms with E-state index in [2.05, 4.69) is 5.32 Å². The Labute approximate surface area is 140 Å². The number of benzene rings is 3. The second kappa shape index (κ2) is 6.84. The van der Waals surface area contributed by atoms with Crippen molar-refractivity contribution in [1.29, 1.82) is 5.26 Å². The molecule has 0 radical (unpaired) electrons. The molecule has 1 N–H and O–H groups in total. The Morgan fingerprint density at radius 3 is 2.46 bits per heavy atom. The van der Waals surface area contributed by atoms with Gasteiger partial charge < -0.3 is 10.1 Å². The Morgan fingerprint density at radius 1 is 1.04 bits per heavy atom. The summed E-state index contributed by atoms with van der Waals surface area (Å²) in [6.07, 6.45) is 1.68. The van der Waals surface area contributed by atoms with E-state index in [4.69, 9.17) is 10.00 Å². The van der Waals surface area contributed by atoms with Crippen molar-refractivity contribution in [3.05, 3.63) is 77.9 Å². The van der Waals surface area contributed by atoms with Crippen molar-refractivity contribution < 1.29 is 9.53 Å². The van der Waals surface area contributed by atoms with Crippen LogP contribution in [0.2, 0.25) is 0 Å². The normalized spacial score (nSPS) is 11.5. The maximum atomic E-state index is 12.7. The van der Waals surface area contributed by atoms with E-state index in [1.165, 1.54) is 0 Å². The van der Waals surface area contributed by atoms with Gasteiger partial charge in [0.05, 0.1) is 11.6 Å². The van der Waals surface area contributed by atoms with E-state index in [1.807, 2.05) is 55.5 Å². The van der Waals surface area contributed by atoms with Crippen LogP contribution in [0.25, 0.3) is 10.8 Å². The van der Waals surface area contributed by atoms with Gasteiger partial charge in [-0.3, -0.25) is 4.79 Å². The van der Waals surface area contributed by atoms with Gasteiger partial charge in [0.25, 0.3) is 12.2 Å². The molecule has 1 unspecified atom stereocenters. The summed E-state index contributed by atoms with van der Waals surface area (Å²) in [5, 5.41) is 13.3. The third-order valence-corrected chi connectivity index (χ3v) is 3.91. The molecule has 3 aromatic rings. The van der Waals surface area contributed by atoms with Crippen LogP contribution in [0.15, 0.2) is 66.7 Å².